The number of piperazine rings is 1. The molecule has 136 valence electrons. The summed E-state index contributed by atoms with van der Waals surface area (Å²) in [6.07, 6.45) is 4.92. The number of aliphatic hydroxyl groups is 1. The number of carbonyl (C=O) groups is 1. The Morgan fingerprint density at radius 1 is 1.16 bits per heavy atom. The quantitative estimate of drug-likeness (QED) is 0.756. The molecular formula is C20H29N3O2. The van der Waals surface area contributed by atoms with Crippen LogP contribution in [0, 0.1) is 5.92 Å². The number of amides is 1. The molecule has 2 saturated heterocycles. The number of hydrogen-bond acceptors (Lipinski definition) is 4. The summed E-state index contributed by atoms with van der Waals surface area (Å²) in [5, 5.41) is 18.2. The highest BCUT2D eigenvalue weighted by molar-refractivity contribution is 5.83. The zero-order valence-electron chi connectivity index (χ0n) is 14.8. The van der Waals surface area contributed by atoms with Crippen LogP contribution in [0.15, 0.2) is 30.3 Å². The standard InChI is InChI=1S/C20H29N3O2/c24-19(17-14-21-11-12-22-17)23-13-10-20(25,15-6-2-1-3-7-15)16-8-4-5-9-18(16)23/h1-3,6-7,16-18,21-22,25H,4-5,8-14H2/t16-,17?,18+,20-/m0/s1. The molecule has 1 aromatic carbocycles. The largest absolute Gasteiger partial charge is 0.385 e. The third kappa shape index (κ3) is 3.09. The van der Waals surface area contributed by atoms with Gasteiger partial charge in [-0.25, -0.2) is 0 Å². The Labute approximate surface area is 149 Å². The van der Waals surface area contributed by atoms with Gasteiger partial charge in [-0.05, 0) is 24.8 Å². The number of fused-ring (bicyclic) bond motifs is 1. The molecule has 5 heteroatoms. The van der Waals surface area contributed by atoms with E-state index in [0.717, 1.165) is 44.3 Å². The van der Waals surface area contributed by atoms with Gasteiger partial charge in [-0.3, -0.25) is 4.79 Å². The van der Waals surface area contributed by atoms with Crippen molar-refractivity contribution in [1.82, 2.24) is 15.5 Å². The molecular weight excluding hydrogens is 314 g/mol. The van der Waals surface area contributed by atoms with Crippen LogP contribution >= 0.6 is 0 Å². The number of carbonyl (C=O) groups excluding carboxylic acids is 1. The van der Waals surface area contributed by atoms with E-state index in [4.69, 9.17) is 0 Å². The molecule has 5 nitrogen and oxygen atoms in total. The van der Waals surface area contributed by atoms with E-state index in [9.17, 15) is 9.90 Å². The van der Waals surface area contributed by atoms with Gasteiger partial charge in [0.25, 0.3) is 0 Å². The van der Waals surface area contributed by atoms with Crippen molar-refractivity contribution in [2.24, 2.45) is 5.92 Å². The molecule has 2 aliphatic heterocycles. The van der Waals surface area contributed by atoms with Crippen molar-refractivity contribution in [3.8, 4) is 0 Å². The van der Waals surface area contributed by atoms with Crippen molar-refractivity contribution in [3.05, 3.63) is 35.9 Å². The molecule has 0 aromatic heterocycles. The third-order valence-electron chi connectivity index (χ3n) is 6.37. The van der Waals surface area contributed by atoms with E-state index in [1.165, 1.54) is 0 Å². The lowest BCUT2D eigenvalue weighted by Crippen LogP contribution is -2.64. The normalized spacial score (nSPS) is 35.9. The predicted molar refractivity (Wildman–Crippen MR) is 97.1 cm³/mol. The van der Waals surface area contributed by atoms with E-state index in [0.29, 0.717) is 19.5 Å². The van der Waals surface area contributed by atoms with E-state index >= 15 is 0 Å². The van der Waals surface area contributed by atoms with Gasteiger partial charge >= 0.3 is 0 Å². The Morgan fingerprint density at radius 2 is 1.96 bits per heavy atom. The second-order valence-electron chi connectivity index (χ2n) is 7.74. The SMILES string of the molecule is O=C(C1CNCCN1)N1CC[C@](O)(c2ccccc2)[C@H]2CCCC[C@H]21. The molecule has 4 atom stereocenters. The monoisotopic (exact) mass is 343 g/mol. The van der Waals surface area contributed by atoms with Crippen LogP contribution in [0.25, 0.3) is 0 Å². The molecule has 1 aliphatic carbocycles. The first-order valence-electron chi connectivity index (χ1n) is 9.72. The van der Waals surface area contributed by atoms with Crippen molar-refractivity contribution < 1.29 is 9.90 Å². The molecule has 3 N–H and O–H groups in total. The van der Waals surface area contributed by atoms with Crippen LogP contribution in [0.4, 0.5) is 0 Å². The van der Waals surface area contributed by atoms with Crippen LogP contribution in [0.1, 0.15) is 37.7 Å². The number of nitrogens with one attached hydrogen (secondary N) is 2. The fourth-order valence-corrected chi connectivity index (χ4v) is 5.07. The third-order valence-corrected chi connectivity index (χ3v) is 6.37. The minimum atomic E-state index is -0.804. The minimum Gasteiger partial charge on any atom is -0.385 e. The summed E-state index contributed by atoms with van der Waals surface area (Å²) in [5.41, 5.74) is 0.206. The maximum atomic E-state index is 13.1. The molecule has 3 fully saturated rings. The summed E-state index contributed by atoms with van der Waals surface area (Å²) in [5.74, 6) is 0.345. The van der Waals surface area contributed by atoms with Crippen LogP contribution in [0.2, 0.25) is 0 Å². The predicted octanol–water partition coefficient (Wildman–Crippen LogP) is 1.23. The summed E-state index contributed by atoms with van der Waals surface area (Å²) in [4.78, 5) is 15.2. The van der Waals surface area contributed by atoms with Gasteiger partial charge in [0, 0.05) is 38.1 Å². The Kier molecular flexibility index (Phi) is 4.80. The highest BCUT2D eigenvalue weighted by Gasteiger charge is 2.50. The molecule has 3 aliphatic rings. The first-order valence-corrected chi connectivity index (χ1v) is 9.72. The first kappa shape index (κ1) is 17.0. The molecule has 1 aromatic rings. The topological polar surface area (TPSA) is 64.6 Å². The highest BCUT2D eigenvalue weighted by atomic mass is 16.3. The Hall–Kier alpha value is -1.43. The molecule has 0 radical (unpaired) electrons. The van der Waals surface area contributed by atoms with Gasteiger partial charge in [-0.2, -0.15) is 0 Å². The van der Waals surface area contributed by atoms with Crippen LogP contribution in [0.5, 0.6) is 0 Å². The molecule has 25 heavy (non-hydrogen) atoms. The van der Waals surface area contributed by atoms with Gasteiger partial charge in [0.2, 0.25) is 5.91 Å². The number of likely N-dealkylation sites (tertiary alicyclic amines) is 1. The average molecular weight is 343 g/mol. The van der Waals surface area contributed by atoms with Gasteiger partial charge in [0.1, 0.15) is 0 Å². The van der Waals surface area contributed by atoms with Gasteiger partial charge in [-0.15, -0.1) is 0 Å². The average Bonchev–Trinajstić information content (AvgIpc) is 2.69. The van der Waals surface area contributed by atoms with Gasteiger partial charge in [-0.1, -0.05) is 43.2 Å². The van der Waals surface area contributed by atoms with E-state index in [1.807, 2.05) is 30.3 Å². The van der Waals surface area contributed by atoms with Crippen LogP contribution < -0.4 is 10.6 Å². The van der Waals surface area contributed by atoms with Crippen molar-refractivity contribution in [2.75, 3.05) is 26.2 Å². The maximum absolute atomic E-state index is 13.1. The summed E-state index contributed by atoms with van der Waals surface area (Å²) in [7, 11) is 0. The maximum Gasteiger partial charge on any atom is 0.241 e. The summed E-state index contributed by atoms with van der Waals surface area (Å²) in [6, 6.07) is 10.1. The molecule has 0 spiro atoms. The molecule has 2 heterocycles. The lowest BCUT2D eigenvalue weighted by atomic mass is 9.66. The Morgan fingerprint density at radius 3 is 2.72 bits per heavy atom. The lowest BCUT2D eigenvalue weighted by Gasteiger charge is -2.53. The fourth-order valence-electron chi connectivity index (χ4n) is 5.07. The Bertz CT molecular complexity index is 602. The summed E-state index contributed by atoms with van der Waals surface area (Å²) < 4.78 is 0. The van der Waals surface area contributed by atoms with E-state index in [2.05, 4.69) is 15.5 Å². The zero-order valence-corrected chi connectivity index (χ0v) is 14.8. The molecule has 1 unspecified atom stereocenters. The second-order valence-corrected chi connectivity index (χ2v) is 7.74. The van der Waals surface area contributed by atoms with Gasteiger partial charge in [0.05, 0.1) is 11.6 Å². The van der Waals surface area contributed by atoms with Crippen molar-refractivity contribution >= 4 is 5.91 Å². The molecule has 0 bridgehead atoms. The van der Waals surface area contributed by atoms with Gasteiger partial charge < -0.3 is 20.6 Å². The number of hydrogen-bond donors (Lipinski definition) is 3. The van der Waals surface area contributed by atoms with Crippen molar-refractivity contribution in [3.63, 3.8) is 0 Å². The molecule has 4 rings (SSSR count). The zero-order chi connectivity index (χ0) is 17.3. The summed E-state index contributed by atoms with van der Waals surface area (Å²) >= 11 is 0. The van der Waals surface area contributed by atoms with Crippen molar-refractivity contribution in [2.45, 2.75) is 49.8 Å². The number of benzene rings is 1. The molecule has 1 amide bonds. The number of piperidine rings is 1. The van der Waals surface area contributed by atoms with Crippen LogP contribution in [-0.2, 0) is 10.4 Å². The minimum absolute atomic E-state index is 0.126. The summed E-state index contributed by atoms with van der Waals surface area (Å²) in [6.45, 7) is 3.11. The lowest BCUT2D eigenvalue weighted by molar-refractivity contribution is -0.157. The fraction of sp³-hybridized carbons (Fsp3) is 0.650. The van der Waals surface area contributed by atoms with E-state index < -0.39 is 5.60 Å². The Balaban J connectivity index is 1.59. The highest BCUT2D eigenvalue weighted by Crippen LogP contribution is 2.47. The smallest absolute Gasteiger partial charge is 0.241 e. The molecule has 1 saturated carbocycles. The second kappa shape index (κ2) is 7.06. The van der Waals surface area contributed by atoms with Crippen LogP contribution in [-0.4, -0.2) is 54.2 Å². The van der Waals surface area contributed by atoms with Gasteiger partial charge in [0.15, 0.2) is 0 Å². The first-order chi connectivity index (χ1) is 12.2. The van der Waals surface area contributed by atoms with Crippen LogP contribution in [0.3, 0.4) is 0 Å². The number of nitrogens with zero attached hydrogens (tertiary/aromatic N) is 1. The number of rotatable bonds is 2. The van der Waals surface area contributed by atoms with Crippen molar-refractivity contribution in [1.29, 1.82) is 0 Å². The van der Waals surface area contributed by atoms with E-state index in [-0.39, 0.29) is 23.9 Å². The van der Waals surface area contributed by atoms with E-state index in [1.54, 1.807) is 0 Å².